The molecule has 8 heteroatoms. The van der Waals surface area contributed by atoms with Crippen molar-refractivity contribution in [2.75, 3.05) is 0 Å². The van der Waals surface area contributed by atoms with Gasteiger partial charge in [0.15, 0.2) is 0 Å². The molecule has 1 aromatic rings. The Morgan fingerprint density at radius 3 is 2.06 bits per heavy atom. The van der Waals surface area contributed by atoms with Gasteiger partial charge in [-0.15, -0.1) is 23.2 Å². The Morgan fingerprint density at radius 1 is 1.12 bits per heavy atom. The summed E-state index contributed by atoms with van der Waals surface area (Å²) in [6.45, 7) is 0. The highest BCUT2D eigenvalue weighted by atomic mass is 35.5. The Morgan fingerprint density at radius 2 is 1.65 bits per heavy atom. The van der Waals surface area contributed by atoms with Crippen LogP contribution in [0.25, 0.3) is 0 Å². The molecule has 17 heavy (non-hydrogen) atoms. The third-order valence-electron chi connectivity index (χ3n) is 1.97. The predicted octanol–water partition coefficient (Wildman–Crippen LogP) is 4.85. The maximum atomic E-state index is 12.5. The lowest BCUT2D eigenvalue weighted by atomic mass is 10.1. The van der Waals surface area contributed by atoms with Gasteiger partial charge in [-0.2, -0.15) is 13.2 Å². The standard InChI is InChI=1S/C9H5Cl4F3O/c10-4-2-1-3(9(14,15)16)6(11)5(4)7(17)8(12)13/h1-2,7-8,17H. The van der Waals surface area contributed by atoms with E-state index in [0.717, 1.165) is 12.1 Å². The van der Waals surface area contributed by atoms with Crippen LogP contribution >= 0.6 is 46.4 Å². The molecular formula is C9H5Cl4F3O. The normalized spacial score (nSPS) is 14.2. The fraction of sp³-hybridized carbons (Fsp3) is 0.333. The van der Waals surface area contributed by atoms with Crippen molar-refractivity contribution in [3.05, 3.63) is 33.3 Å². The molecule has 1 atom stereocenters. The van der Waals surface area contributed by atoms with Gasteiger partial charge in [-0.25, -0.2) is 0 Å². The fourth-order valence-electron chi connectivity index (χ4n) is 1.19. The molecule has 1 aromatic carbocycles. The largest absolute Gasteiger partial charge is 0.417 e. The van der Waals surface area contributed by atoms with Crippen LogP contribution in [0.1, 0.15) is 17.2 Å². The van der Waals surface area contributed by atoms with Crippen molar-refractivity contribution in [1.29, 1.82) is 0 Å². The maximum absolute atomic E-state index is 12.5. The van der Waals surface area contributed by atoms with E-state index < -0.39 is 27.7 Å². The van der Waals surface area contributed by atoms with Gasteiger partial charge in [0, 0.05) is 10.6 Å². The Bertz CT molecular complexity index is 419. The number of aliphatic hydroxyl groups excluding tert-OH is 1. The van der Waals surface area contributed by atoms with E-state index in [2.05, 4.69) is 0 Å². The summed E-state index contributed by atoms with van der Waals surface area (Å²) in [5.74, 6) is 0. The SMILES string of the molecule is OC(c1c(Cl)ccc(C(F)(F)F)c1Cl)C(Cl)Cl. The van der Waals surface area contributed by atoms with Crippen LogP contribution in [0.15, 0.2) is 12.1 Å². The first-order valence-corrected chi connectivity index (χ1v) is 5.80. The minimum atomic E-state index is -4.65. The smallest absolute Gasteiger partial charge is 0.385 e. The number of hydrogen-bond donors (Lipinski definition) is 1. The van der Waals surface area contributed by atoms with Crippen molar-refractivity contribution in [2.45, 2.75) is 17.1 Å². The molecule has 0 aliphatic heterocycles. The maximum Gasteiger partial charge on any atom is 0.417 e. The molecular weight excluding hydrogens is 323 g/mol. The fourth-order valence-corrected chi connectivity index (χ4v) is 2.14. The van der Waals surface area contributed by atoms with E-state index in [-0.39, 0.29) is 10.6 Å². The average molecular weight is 328 g/mol. The van der Waals surface area contributed by atoms with E-state index in [9.17, 15) is 18.3 Å². The second-order valence-electron chi connectivity index (χ2n) is 3.10. The molecule has 0 radical (unpaired) electrons. The Balaban J connectivity index is 3.40. The first kappa shape index (κ1) is 15.2. The molecule has 0 bridgehead atoms. The summed E-state index contributed by atoms with van der Waals surface area (Å²) in [6.07, 6.45) is -6.25. The zero-order valence-electron chi connectivity index (χ0n) is 7.90. The second-order valence-corrected chi connectivity index (χ2v) is 5.05. The van der Waals surface area contributed by atoms with Gasteiger partial charge in [0.05, 0.1) is 10.6 Å². The zero-order valence-corrected chi connectivity index (χ0v) is 10.9. The topological polar surface area (TPSA) is 20.2 Å². The Hall–Kier alpha value is 0.130. The molecule has 1 unspecified atom stereocenters. The summed E-state index contributed by atoms with van der Waals surface area (Å²) in [7, 11) is 0. The molecule has 1 nitrogen and oxygen atoms in total. The number of alkyl halides is 5. The van der Waals surface area contributed by atoms with Gasteiger partial charge >= 0.3 is 6.18 Å². The zero-order chi connectivity index (χ0) is 13.4. The van der Waals surface area contributed by atoms with Crippen LogP contribution in [0, 0.1) is 0 Å². The summed E-state index contributed by atoms with van der Waals surface area (Å²) < 4.78 is 37.6. The van der Waals surface area contributed by atoms with Crippen molar-refractivity contribution in [3.63, 3.8) is 0 Å². The van der Waals surface area contributed by atoms with Crippen molar-refractivity contribution < 1.29 is 18.3 Å². The molecule has 1 N–H and O–H groups in total. The molecule has 0 heterocycles. The molecule has 0 aliphatic carbocycles. The quantitative estimate of drug-likeness (QED) is 0.770. The van der Waals surface area contributed by atoms with E-state index in [1.807, 2.05) is 0 Å². The van der Waals surface area contributed by atoms with Gasteiger partial charge in [0.1, 0.15) is 10.9 Å². The highest BCUT2D eigenvalue weighted by molar-refractivity contribution is 6.45. The number of rotatable bonds is 2. The number of benzene rings is 1. The van der Waals surface area contributed by atoms with Crippen LogP contribution in [0.2, 0.25) is 10.0 Å². The van der Waals surface area contributed by atoms with Crippen molar-refractivity contribution in [2.24, 2.45) is 0 Å². The van der Waals surface area contributed by atoms with Crippen LogP contribution in [0.4, 0.5) is 13.2 Å². The number of aliphatic hydroxyl groups is 1. The van der Waals surface area contributed by atoms with E-state index in [1.165, 1.54) is 0 Å². The molecule has 0 aromatic heterocycles. The third-order valence-corrected chi connectivity index (χ3v) is 3.18. The summed E-state index contributed by atoms with van der Waals surface area (Å²) in [4.78, 5) is -1.34. The third kappa shape index (κ3) is 3.32. The molecule has 0 amide bonds. The van der Waals surface area contributed by atoms with Crippen LogP contribution in [0.3, 0.4) is 0 Å². The Labute approximate surface area is 115 Å². The van der Waals surface area contributed by atoms with Gasteiger partial charge in [-0.05, 0) is 12.1 Å². The Kier molecular flexibility index (Phi) is 4.83. The van der Waals surface area contributed by atoms with Gasteiger partial charge < -0.3 is 5.11 Å². The van der Waals surface area contributed by atoms with E-state index in [1.54, 1.807) is 0 Å². The molecule has 1 rings (SSSR count). The van der Waals surface area contributed by atoms with Crippen molar-refractivity contribution in [3.8, 4) is 0 Å². The monoisotopic (exact) mass is 326 g/mol. The van der Waals surface area contributed by atoms with Gasteiger partial charge in [-0.1, -0.05) is 23.2 Å². The highest BCUT2D eigenvalue weighted by Gasteiger charge is 2.36. The van der Waals surface area contributed by atoms with E-state index in [0.29, 0.717) is 0 Å². The van der Waals surface area contributed by atoms with E-state index >= 15 is 0 Å². The lowest BCUT2D eigenvalue weighted by Gasteiger charge is -2.18. The summed E-state index contributed by atoms with van der Waals surface area (Å²) >= 11 is 22.0. The predicted molar refractivity (Wildman–Crippen MR) is 61.9 cm³/mol. The lowest BCUT2D eigenvalue weighted by molar-refractivity contribution is -0.137. The first-order valence-electron chi connectivity index (χ1n) is 4.17. The summed E-state index contributed by atoms with van der Waals surface area (Å²) in [5.41, 5.74) is -1.44. The molecule has 0 aliphatic rings. The minimum absolute atomic E-state index is 0.137. The number of halogens is 7. The second kappa shape index (κ2) is 5.41. The van der Waals surface area contributed by atoms with Crippen molar-refractivity contribution in [1.82, 2.24) is 0 Å². The molecule has 0 saturated heterocycles. The highest BCUT2D eigenvalue weighted by Crippen LogP contribution is 2.42. The van der Waals surface area contributed by atoms with Crippen LogP contribution in [-0.2, 0) is 6.18 Å². The van der Waals surface area contributed by atoms with Gasteiger partial charge in [-0.3, -0.25) is 0 Å². The lowest BCUT2D eigenvalue weighted by Crippen LogP contribution is -2.12. The molecule has 0 saturated carbocycles. The summed E-state index contributed by atoms with van der Waals surface area (Å²) in [5, 5.41) is 8.71. The first-order chi connectivity index (χ1) is 7.66. The van der Waals surface area contributed by atoms with Crippen molar-refractivity contribution >= 4 is 46.4 Å². The van der Waals surface area contributed by atoms with Gasteiger partial charge in [0.2, 0.25) is 0 Å². The summed E-state index contributed by atoms with van der Waals surface area (Å²) in [6, 6.07) is 1.70. The minimum Gasteiger partial charge on any atom is -0.385 e. The van der Waals surface area contributed by atoms with Crippen LogP contribution < -0.4 is 0 Å². The molecule has 96 valence electrons. The van der Waals surface area contributed by atoms with E-state index in [4.69, 9.17) is 46.4 Å². The van der Waals surface area contributed by atoms with Gasteiger partial charge in [0.25, 0.3) is 0 Å². The van der Waals surface area contributed by atoms with Crippen LogP contribution in [0.5, 0.6) is 0 Å². The van der Waals surface area contributed by atoms with Crippen LogP contribution in [-0.4, -0.2) is 9.94 Å². The number of hydrogen-bond acceptors (Lipinski definition) is 1. The average Bonchev–Trinajstić information content (AvgIpc) is 2.14. The molecule has 0 fully saturated rings. The molecule has 0 spiro atoms.